The van der Waals surface area contributed by atoms with E-state index in [1.807, 2.05) is 35.0 Å². The van der Waals surface area contributed by atoms with Crippen LogP contribution in [0.1, 0.15) is 25.1 Å². The molecule has 1 amide bonds. The first kappa shape index (κ1) is 15.2. The van der Waals surface area contributed by atoms with Gasteiger partial charge in [-0.05, 0) is 32.0 Å². The van der Waals surface area contributed by atoms with Gasteiger partial charge in [0.1, 0.15) is 11.5 Å². The van der Waals surface area contributed by atoms with Crippen molar-refractivity contribution in [3.05, 3.63) is 71.9 Å². The molecule has 0 aliphatic rings. The molecular weight excluding hydrogens is 293 g/mol. The highest BCUT2D eigenvalue weighted by molar-refractivity contribution is 5.87. The Labute approximate surface area is 134 Å². The fraction of sp³-hybridized carbons (Fsp3) is 0.222. The Morgan fingerprint density at radius 2 is 1.96 bits per heavy atom. The van der Waals surface area contributed by atoms with E-state index in [0.717, 1.165) is 11.3 Å². The van der Waals surface area contributed by atoms with Crippen LogP contribution < -0.4 is 5.32 Å². The molecule has 0 saturated heterocycles. The summed E-state index contributed by atoms with van der Waals surface area (Å²) in [7, 11) is 0. The molecule has 0 aliphatic heterocycles. The van der Waals surface area contributed by atoms with Crippen molar-refractivity contribution >= 4 is 11.6 Å². The van der Waals surface area contributed by atoms with Crippen molar-refractivity contribution in [2.45, 2.75) is 25.8 Å². The van der Waals surface area contributed by atoms with Crippen LogP contribution in [-0.2, 0) is 16.8 Å². The molecular formula is C18H18FN3O. The molecule has 0 saturated carbocycles. The Balaban J connectivity index is 1.74. The van der Waals surface area contributed by atoms with Crippen molar-refractivity contribution in [1.82, 2.24) is 14.7 Å². The molecule has 2 aromatic heterocycles. The number of halogens is 1. The van der Waals surface area contributed by atoms with Crippen LogP contribution in [-0.4, -0.2) is 15.3 Å². The summed E-state index contributed by atoms with van der Waals surface area (Å²) < 4.78 is 15.8. The molecule has 1 N–H and O–H groups in total. The summed E-state index contributed by atoms with van der Waals surface area (Å²) in [4.78, 5) is 16.9. The number of rotatable bonds is 4. The van der Waals surface area contributed by atoms with E-state index in [4.69, 9.17) is 0 Å². The minimum atomic E-state index is -0.954. The van der Waals surface area contributed by atoms with E-state index in [1.165, 1.54) is 6.07 Å². The average Bonchev–Trinajstić information content (AvgIpc) is 2.95. The van der Waals surface area contributed by atoms with Crippen LogP contribution in [0.3, 0.4) is 0 Å². The second-order valence-corrected chi connectivity index (χ2v) is 5.99. The Hall–Kier alpha value is -2.69. The van der Waals surface area contributed by atoms with Gasteiger partial charge in [0.05, 0.1) is 17.7 Å². The Bertz CT molecular complexity index is 821. The number of nitrogens with zero attached hydrogens (tertiary/aromatic N) is 2. The van der Waals surface area contributed by atoms with Gasteiger partial charge in [0.15, 0.2) is 0 Å². The fourth-order valence-electron chi connectivity index (χ4n) is 2.55. The van der Waals surface area contributed by atoms with Gasteiger partial charge in [-0.1, -0.05) is 24.3 Å². The number of benzene rings is 1. The number of carbonyl (C=O) groups excluding carboxylic acids is 1. The van der Waals surface area contributed by atoms with Crippen LogP contribution in [0, 0.1) is 5.82 Å². The third kappa shape index (κ3) is 2.95. The van der Waals surface area contributed by atoms with E-state index in [0.29, 0.717) is 12.1 Å². The molecule has 23 heavy (non-hydrogen) atoms. The number of carbonyl (C=O) groups is 1. The minimum Gasteiger partial charge on any atom is -0.350 e. The molecule has 0 atom stereocenters. The number of aromatic nitrogens is 2. The highest BCUT2D eigenvalue weighted by Crippen LogP contribution is 2.25. The normalized spacial score (nSPS) is 11.6. The summed E-state index contributed by atoms with van der Waals surface area (Å²) >= 11 is 0. The van der Waals surface area contributed by atoms with E-state index in [-0.39, 0.29) is 11.7 Å². The first-order chi connectivity index (χ1) is 11.0. The number of hydrogen-bond donors (Lipinski definition) is 1. The van der Waals surface area contributed by atoms with Crippen molar-refractivity contribution < 1.29 is 9.18 Å². The highest BCUT2D eigenvalue weighted by atomic mass is 19.1. The lowest BCUT2D eigenvalue weighted by Crippen LogP contribution is -2.40. The topological polar surface area (TPSA) is 46.4 Å². The van der Waals surface area contributed by atoms with Gasteiger partial charge in [-0.15, -0.1) is 0 Å². The number of hydrogen-bond acceptors (Lipinski definition) is 2. The monoisotopic (exact) mass is 311 g/mol. The van der Waals surface area contributed by atoms with Gasteiger partial charge in [-0.3, -0.25) is 4.79 Å². The number of pyridine rings is 1. The predicted octanol–water partition coefficient (Wildman–Crippen LogP) is 3.07. The average molecular weight is 311 g/mol. The SMILES string of the molecule is CC(C)(C(=O)NCc1cn2ccccc2n1)c1ccccc1F. The fourth-order valence-corrected chi connectivity index (χ4v) is 2.55. The number of amides is 1. The second kappa shape index (κ2) is 5.83. The number of fused-ring (bicyclic) bond motifs is 1. The molecule has 0 aliphatic carbocycles. The zero-order chi connectivity index (χ0) is 16.4. The number of nitrogens with one attached hydrogen (secondary N) is 1. The maximum absolute atomic E-state index is 14.0. The maximum Gasteiger partial charge on any atom is 0.230 e. The van der Waals surface area contributed by atoms with Crippen LogP contribution in [0.15, 0.2) is 54.9 Å². The van der Waals surface area contributed by atoms with Crippen molar-refractivity contribution in [2.24, 2.45) is 0 Å². The Kier molecular flexibility index (Phi) is 3.86. The van der Waals surface area contributed by atoms with Gasteiger partial charge < -0.3 is 9.72 Å². The van der Waals surface area contributed by atoms with E-state index in [9.17, 15) is 9.18 Å². The first-order valence-electron chi connectivity index (χ1n) is 7.44. The van der Waals surface area contributed by atoms with E-state index in [2.05, 4.69) is 10.3 Å². The molecule has 5 heteroatoms. The molecule has 2 heterocycles. The highest BCUT2D eigenvalue weighted by Gasteiger charge is 2.32. The number of imidazole rings is 1. The van der Waals surface area contributed by atoms with Gasteiger partial charge in [0.2, 0.25) is 5.91 Å². The summed E-state index contributed by atoms with van der Waals surface area (Å²) in [6.07, 6.45) is 3.77. The lowest BCUT2D eigenvalue weighted by molar-refractivity contribution is -0.125. The smallest absolute Gasteiger partial charge is 0.230 e. The molecule has 3 aromatic rings. The molecule has 4 nitrogen and oxygen atoms in total. The quantitative estimate of drug-likeness (QED) is 0.805. The standard InChI is InChI=1S/C18H18FN3O/c1-18(2,14-7-3-4-8-15(14)19)17(23)20-11-13-12-22-10-6-5-9-16(22)21-13/h3-10,12H,11H2,1-2H3,(H,20,23). The molecule has 118 valence electrons. The first-order valence-corrected chi connectivity index (χ1v) is 7.44. The molecule has 0 bridgehead atoms. The third-order valence-corrected chi connectivity index (χ3v) is 3.96. The van der Waals surface area contributed by atoms with E-state index >= 15 is 0 Å². The largest absolute Gasteiger partial charge is 0.350 e. The van der Waals surface area contributed by atoms with Gasteiger partial charge in [0, 0.05) is 18.0 Å². The van der Waals surface area contributed by atoms with Gasteiger partial charge in [0.25, 0.3) is 0 Å². The zero-order valence-corrected chi connectivity index (χ0v) is 13.1. The molecule has 0 fully saturated rings. The Morgan fingerprint density at radius 3 is 2.70 bits per heavy atom. The summed E-state index contributed by atoms with van der Waals surface area (Å²) in [5.74, 6) is -0.611. The van der Waals surface area contributed by atoms with Crippen molar-refractivity contribution in [1.29, 1.82) is 0 Å². The summed E-state index contributed by atoms with van der Waals surface area (Å²) in [5.41, 5.74) is 1.01. The lowest BCUT2D eigenvalue weighted by atomic mass is 9.83. The second-order valence-electron chi connectivity index (χ2n) is 5.99. The molecule has 0 spiro atoms. The molecule has 1 aromatic carbocycles. The summed E-state index contributed by atoms with van der Waals surface area (Å²) in [6, 6.07) is 12.1. The molecule has 0 unspecified atom stereocenters. The van der Waals surface area contributed by atoms with Crippen molar-refractivity contribution in [3.63, 3.8) is 0 Å². The summed E-state index contributed by atoms with van der Waals surface area (Å²) in [5, 5.41) is 2.84. The van der Waals surface area contributed by atoms with Crippen LogP contribution in [0.5, 0.6) is 0 Å². The van der Waals surface area contributed by atoms with Crippen molar-refractivity contribution in [3.8, 4) is 0 Å². The van der Waals surface area contributed by atoms with E-state index < -0.39 is 5.41 Å². The van der Waals surface area contributed by atoms with Crippen molar-refractivity contribution in [2.75, 3.05) is 0 Å². The van der Waals surface area contributed by atoms with Crippen LogP contribution in [0.25, 0.3) is 5.65 Å². The maximum atomic E-state index is 14.0. The zero-order valence-electron chi connectivity index (χ0n) is 13.1. The Morgan fingerprint density at radius 1 is 1.22 bits per heavy atom. The van der Waals surface area contributed by atoms with Gasteiger partial charge >= 0.3 is 0 Å². The summed E-state index contributed by atoms with van der Waals surface area (Å²) in [6.45, 7) is 3.73. The van der Waals surface area contributed by atoms with E-state index in [1.54, 1.807) is 32.0 Å². The van der Waals surface area contributed by atoms with Crippen LogP contribution >= 0.6 is 0 Å². The third-order valence-electron chi connectivity index (χ3n) is 3.96. The lowest BCUT2D eigenvalue weighted by Gasteiger charge is -2.24. The molecule has 3 rings (SSSR count). The minimum absolute atomic E-state index is 0.236. The van der Waals surface area contributed by atoms with Gasteiger partial charge in [-0.25, -0.2) is 9.37 Å². The predicted molar refractivity (Wildman–Crippen MR) is 86.5 cm³/mol. The van der Waals surface area contributed by atoms with Crippen LogP contribution in [0.4, 0.5) is 4.39 Å². The van der Waals surface area contributed by atoms with Crippen LogP contribution in [0.2, 0.25) is 0 Å². The molecule has 0 radical (unpaired) electrons. The van der Waals surface area contributed by atoms with Gasteiger partial charge in [-0.2, -0.15) is 0 Å².